The number of pyridine rings is 1. The molecule has 1 aliphatic carbocycles. The maximum Gasteiger partial charge on any atom is 0.160 e. The van der Waals surface area contributed by atoms with E-state index >= 15 is 0 Å². The second-order valence-electron chi connectivity index (χ2n) is 15.7. The van der Waals surface area contributed by atoms with Crippen LogP contribution in [0.5, 0.6) is 0 Å². The number of rotatable bonds is 7. The Hall–Kier alpha value is -7.82. The molecule has 0 saturated heterocycles. The summed E-state index contributed by atoms with van der Waals surface area (Å²) in [6, 6.07) is 66.2. The molecule has 11 rings (SSSR count). The van der Waals surface area contributed by atoms with E-state index < -0.39 is 0 Å². The fraction of sp³-hybridized carbons (Fsp3) is 0.0526. The molecule has 0 radical (unpaired) electrons. The van der Waals surface area contributed by atoms with Gasteiger partial charge in [-0.05, 0) is 82.6 Å². The number of allylic oxidation sites excluding steroid dienone is 4. The average molecular weight is 781 g/mol. The van der Waals surface area contributed by atoms with Gasteiger partial charge in [0.15, 0.2) is 5.82 Å². The number of aromatic nitrogens is 3. The van der Waals surface area contributed by atoms with Gasteiger partial charge in [-0.3, -0.25) is 4.99 Å². The predicted octanol–water partition coefficient (Wildman–Crippen LogP) is 14.8. The molecule has 1 unspecified atom stereocenters. The normalized spacial score (nSPS) is 15.3. The zero-order chi connectivity index (χ0) is 40.5. The van der Waals surface area contributed by atoms with Crippen molar-refractivity contribution in [2.75, 3.05) is 0 Å². The molecule has 0 amide bonds. The number of benzene rings is 7. The van der Waals surface area contributed by atoms with Gasteiger partial charge in [-0.25, -0.2) is 15.0 Å². The molecule has 0 spiro atoms. The molecule has 3 heterocycles. The number of hydrogen-bond donors (Lipinski definition) is 0. The molecule has 4 nitrogen and oxygen atoms in total. The molecule has 0 saturated carbocycles. The topological polar surface area (TPSA) is 51.0 Å². The lowest BCUT2D eigenvalue weighted by Crippen LogP contribution is -2.08. The van der Waals surface area contributed by atoms with Crippen molar-refractivity contribution in [2.45, 2.75) is 18.8 Å². The van der Waals surface area contributed by atoms with Gasteiger partial charge in [-0.15, -0.1) is 0 Å². The maximum absolute atomic E-state index is 5.33. The van der Waals surface area contributed by atoms with Crippen molar-refractivity contribution < 1.29 is 0 Å². The minimum absolute atomic E-state index is 0.202. The van der Waals surface area contributed by atoms with E-state index in [-0.39, 0.29) is 5.92 Å². The summed E-state index contributed by atoms with van der Waals surface area (Å²) in [6.07, 6.45) is 10.7. The van der Waals surface area contributed by atoms with E-state index in [9.17, 15) is 0 Å². The van der Waals surface area contributed by atoms with Gasteiger partial charge in [-0.2, -0.15) is 0 Å². The van der Waals surface area contributed by atoms with Crippen LogP contribution in [0.4, 0.5) is 5.69 Å². The summed E-state index contributed by atoms with van der Waals surface area (Å²) in [7, 11) is 0. The van der Waals surface area contributed by atoms with Crippen molar-refractivity contribution in [3.63, 3.8) is 0 Å². The molecule has 61 heavy (non-hydrogen) atoms. The summed E-state index contributed by atoms with van der Waals surface area (Å²) < 4.78 is 0. The lowest BCUT2D eigenvalue weighted by atomic mass is 9.86. The smallest absolute Gasteiger partial charge is 0.160 e. The third-order valence-corrected chi connectivity index (χ3v) is 11.9. The van der Waals surface area contributed by atoms with Crippen molar-refractivity contribution in [3.05, 3.63) is 218 Å². The molecule has 2 aliphatic rings. The molecule has 7 aromatic carbocycles. The fourth-order valence-corrected chi connectivity index (χ4v) is 8.78. The van der Waals surface area contributed by atoms with E-state index in [0.717, 1.165) is 96.7 Å². The van der Waals surface area contributed by atoms with E-state index in [1.54, 1.807) is 0 Å². The first kappa shape index (κ1) is 36.3. The van der Waals surface area contributed by atoms with Crippen LogP contribution in [-0.4, -0.2) is 20.7 Å². The summed E-state index contributed by atoms with van der Waals surface area (Å²) in [5.41, 5.74) is 18.1. The zero-order valence-corrected chi connectivity index (χ0v) is 33.5. The van der Waals surface area contributed by atoms with E-state index in [4.69, 9.17) is 19.9 Å². The van der Waals surface area contributed by atoms with Crippen LogP contribution in [0.3, 0.4) is 0 Å². The van der Waals surface area contributed by atoms with Crippen LogP contribution in [0.1, 0.15) is 24.3 Å². The van der Waals surface area contributed by atoms with Crippen LogP contribution in [0.2, 0.25) is 0 Å². The largest absolute Gasteiger partial charge is 0.252 e. The Morgan fingerprint density at radius 3 is 1.59 bits per heavy atom. The molecule has 9 aromatic rings. The molecular weight excluding hydrogens is 741 g/mol. The standard InChI is InChI=1S/C57H40N4/c1-2-10-28-50-48(26-9-1)54-55(58-51-29-12-11-27-49(51)56(54)59-50)47-25-15-22-44(36-47)40-30-32-41(33-31-40)57-60-52(45-23-13-20-42(34-45)38-16-5-3-6-17-38)37-53(61-57)46-24-14-21-43(35-46)39-18-7-4-8-19-39/h1-8,10-25,27-37,48H,9,26H2/b2-1-,28-10-. The lowest BCUT2D eigenvalue weighted by molar-refractivity contribution is 0.795. The highest BCUT2D eigenvalue weighted by Gasteiger charge is 2.31. The first-order chi connectivity index (χ1) is 30.2. The van der Waals surface area contributed by atoms with Crippen molar-refractivity contribution in [1.29, 1.82) is 0 Å². The Morgan fingerprint density at radius 1 is 0.410 bits per heavy atom. The van der Waals surface area contributed by atoms with Gasteiger partial charge < -0.3 is 0 Å². The van der Waals surface area contributed by atoms with Gasteiger partial charge in [0.25, 0.3) is 0 Å². The number of fused-ring (bicyclic) bond motifs is 5. The summed E-state index contributed by atoms with van der Waals surface area (Å²) in [6.45, 7) is 0. The monoisotopic (exact) mass is 780 g/mol. The third-order valence-electron chi connectivity index (χ3n) is 11.9. The summed E-state index contributed by atoms with van der Waals surface area (Å²) in [5.74, 6) is 0.881. The molecule has 0 fully saturated rings. The summed E-state index contributed by atoms with van der Waals surface area (Å²) >= 11 is 0. The van der Waals surface area contributed by atoms with Crippen molar-refractivity contribution in [3.8, 4) is 78.5 Å². The number of hydrogen-bond acceptors (Lipinski definition) is 4. The van der Waals surface area contributed by atoms with E-state index in [1.807, 2.05) is 12.1 Å². The second kappa shape index (κ2) is 15.7. The highest BCUT2D eigenvalue weighted by atomic mass is 14.9. The molecule has 1 aliphatic heterocycles. The van der Waals surface area contributed by atoms with Crippen molar-refractivity contribution >= 4 is 22.3 Å². The first-order valence-corrected chi connectivity index (χ1v) is 21.0. The van der Waals surface area contributed by atoms with Gasteiger partial charge in [-0.1, -0.05) is 176 Å². The van der Waals surface area contributed by atoms with Crippen LogP contribution in [0.15, 0.2) is 217 Å². The van der Waals surface area contributed by atoms with Gasteiger partial charge in [0.2, 0.25) is 0 Å². The third kappa shape index (κ3) is 7.08. The summed E-state index contributed by atoms with van der Waals surface area (Å²) in [4.78, 5) is 21.0. The predicted molar refractivity (Wildman–Crippen MR) is 253 cm³/mol. The molecular formula is C57H40N4. The van der Waals surface area contributed by atoms with Crippen LogP contribution in [-0.2, 0) is 0 Å². The molecule has 2 aromatic heterocycles. The Labute approximate surface area is 356 Å². The molecule has 288 valence electrons. The average Bonchev–Trinajstić information content (AvgIpc) is 3.68. The van der Waals surface area contributed by atoms with Crippen LogP contribution >= 0.6 is 0 Å². The van der Waals surface area contributed by atoms with Gasteiger partial charge >= 0.3 is 0 Å². The van der Waals surface area contributed by atoms with E-state index in [2.05, 4.69) is 200 Å². The minimum Gasteiger partial charge on any atom is -0.252 e. The number of nitrogens with zero attached hydrogens (tertiary/aromatic N) is 4. The zero-order valence-electron chi connectivity index (χ0n) is 33.5. The first-order valence-electron chi connectivity index (χ1n) is 21.0. The van der Waals surface area contributed by atoms with E-state index in [1.165, 1.54) is 16.7 Å². The summed E-state index contributed by atoms with van der Waals surface area (Å²) in [5, 5.41) is 1.11. The molecule has 0 bridgehead atoms. The van der Waals surface area contributed by atoms with Crippen LogP contribution in [0, 0.1) is 0 Å². The lowest BCUT2D eigenvalue weighted by Gasteiger charge is -2.18. The highest BCUT2D eigenvalue weighted by Crippen LogP contribution is 2.48. The second-order valence-corrected chi connectivity index (χ2v) is 15.7. The van der Waals surface area contributed by atoms with Gasteiger partial charge in [0, 0.05) is 44.8 Å². The Balaban J connectivity index is 0.978. The quantitative estimate of drug-likeness (QED) is 0.162. The van der Waals surface area contributed by atoms with Gasteiger partial charge in [0.1, 0.15) is 0 Å². The van der Waals surface area contributed by atoms with Crippen LogP contribution < -0.4 is 0 Å². The highest BCUT2D eigenvalue weighted by molar-refractivity contribution is 6.12. The molecule has 1 atom stereocenters. The van der Waals surface area contributed by atoms with E-state index in [0.29, 0.717) is 5.82 Å². The SMILES string of the molecule is C1=C\CCC2C(=Nc3c2c(-c2cccc(-c4ccc(-c5nc(-c6cccc(-c7ccccc7)c6)cc(-c6cccc(-c7ccccc7)c6)n5)cc4)c2)nc2ccccc32)\C=C/1. The molecule has 0 N–H and O–H groups in total. The minimum atomic E-state index is 0.202. The number of para-hydroxylation sites is 1. The van der Waals surface area contributed by atoms with Crippen LogP contribution in [0.25, 0.3) is 89.4 Å². The Morgan fingerprint density at radius 2 is 0.934 bits per heavy atom. The van der Waals surface area contributed by atoms with Crippen molar-refractivity contribution in [1.82, 2.24) is 15.0 Å². The Kier molecular flexibility index (Phi) is 9.36. The Bertz CT molecular complexity index is 3080. The fourth-order valence-electron chi connectivity index (χ4n) is 8.78. The maximum atomic E-state index is 5.33. The van der Waals surface area contributed by atoms with Gasteiger partial charge in [0.05, 0.1) is 28.3 Å². The number of aliphatic imine (C=N–C) groups is 1. The van der Waals surface area contributed by atoms with Crippen molar-refractivity contribution in [2.24, 2.45) is 4.99 Å². The molecule has 4 heteroatoms.